The highest BCUT2D eigenvalue weighted by atomic mass is 16.5. The Morgan fingerprint density at radius 2 is 2.10 bits per heavy atom. The van der Waals surface area contributed by atoms with Gasteiger partial charge in [-0.25, -0.2) is 0 Å². The van der Waals surface area contributed by atoms with E-state index >= 15 is 0 Å². The molecule has 0 fully saturated rings. The van der Waals surface area contributed by atoms with E-state index in [4.69, 9.17) is 14.6 Å². The van der Waals surface area contributed by atoms with Crippen molar-refractivity contribution in [1.82, 2.24) is 4.90 Å². The highest BCUT2D eigenvalue weighted by Gasteiger charge is 2.45. The molecule has 2 atom stereocenters. The van der Waals surface area contributed by atoms with E-state index in [1.54, 1.807) is 0 Å². The Labute approximate surface area is 126 Å². The zero-order chi connectivity index (χ0) is 15.6. The second-order valence-electron chi connectivity index (χ2n) is 5.93. The molecule has 1 heterocycles. The summed E-state index contributed by atoms with van der Waals surface area (Å²) in [6, 6.07) is 5.28. The molecule has 5 heteroatoms. The van der Waals surface area contributed by atoms with Crippen LogP contribution in [0.25, 0.3) is 0 Å². The number of rotatable bonds is 5. The van der Waals surface area contributed by atoms with Gasteiger partial charge in [-0.1, -0.05) is 0 Å². The molecule has 2 N–H and O–H groups in total. The molecule has 5 nitrogen and oxygen atoms in total. The molecule has 0 saturated heterocycles. The highest BCUT2D eigenvalue weighted by molar-refractivity contribution is 5.44. The Kier molecular flexibility index (Phi) is 4.76. The number of ether oxygens (including phenoxy) is 2. The minimum absolute atomic E-state index is 0.0433. The lowest BCUT2D eigenvalue weighted by molar-refractivity contribution is -0.0773. The molecule has 1 aromatic rings. The van der Waals surface area contributed by atoms with E-state index in [-0.39, 0.29) is 12.6 Å². The zero-order valence-electron chi connectivity index (χ0n) is 13.2. The molecule has 0 bridgehead atoms. The fourth-order valence-corrected chi connectivity index (χ4v) is 3.07. The Balaban J connectivity index is 2.37. The molecule has 0 amide bonds. The fraction of sp³-hybridized carbons (Fsp3) is 0.625. The van der Waals surface area contributed by atoms with E-state index in [0.717, 1.165) is 11.3 Å². The van der Waals surface area contributed by atoms with Gasteiger partial charge in [0.2, 0.25) is 0 Å². The SMILES string of the molecule is CCOc1ccc2c(c1)C(O)C(N(C)CCO)C(C)(C)O2. The predicted octanol–water partition coefficient (Wildman–Crippen LogP) is 1.58. The number of aliphatic hydroxyl groups excluding tert-OH is 2. The quantitative estimate of drug-likeness (QED) is 0.863. The number of benzene rings is 1. The van der Waals surface area contributed by atoms with Crippen molar-refractivity contribution in [3.05, 3.63) is 23.8 Å². The van der Waals surface area contributed by atoms with Crippen LogP contribution in [-0.2, 0) is 0 Å². The molecule has 0 aliphatic carbocycles. The second kappa shape index (κ2) is 6.22. The minimum atomic E-state index is -0.694. The van der Waals surface area contributed by atoms with Crippen LogP contribution in [0, 0.1) is 0 Å². The summed E-state index contributed by atoms with van der Waals surface area (Å²) in [5.74, 6) is 1.41. The number of fused-ring (bicyclic) bond motifs is 1. The van der Waals surface area contributed by atoms with Crippen LogP contribution in [0.1, 0.15) is 32.4 Å². The summed E-state index contributed by atoms with van der Waals surface area (Å²) in [7, 11) is 1.88. The van der Waals surface area contributed by atoms with Crippen LogP contribution in [0.15, 0.2) is 18.2 Å². The summed E-state index contributed by atoms with van der Waals surface area (Å²) in [6.07, 6.45) is -0.694. The van der Waals surface area contributed by atoms with Crippen molar-refractivity contribution in [2.45, 2.75) is 38.5 Å². The van der Waals surface area contributed by atoms with E-state index in [9.17, 15) is 5.11 Å². The molecule has 0 radical (unpaired) electrons. The van der Waals surface area contributed by atoms with Crippen molar-refractivity contribution in [2.24, 2.45) is 0 Å². The number of aliphatic hydroxyl groups is 2. The van der Waals surface area contributed by atoms with Crippen molar-refractivity contribution < 1.29 is 19.7 Å². The van der Waals surface area contributed by atoms with Gasteiger partial charge in [-0.2, -0.15) is 0 Å². The number of hydrogen-bond donors (Lipinski definition) is 2. The predicted molar refractivity (Wildman–Crippen MR) is 80.8 cm³/mol. The lowest BCUT2D eigenvalue weighted by Crippen LogP contribution is -2.57. The van der Waals surface area contributed by atoms with Crippen LogP contribution in [0.4, 0.5) is 0 Å². The third-order valence-corrected chi connectivity index (χ3v) is 3.92. The second-order valence-corrected chi connectivity index (χ2v) is 5.93. The number of nitrogens with zero attached hydrogens (tertiary/aromatic N) is 1. The van der Waals surface area contributed by atoms with Gasteiger partial charge in [0.05, 0.1) is 19.3 Å². The average molecular weight is 295 g/mol. The van der Waals surface area contributed by atoms with Crippen LogP contribution >= 0.6 is 0 Å². The first kappa shape index (κ1) is 16.1. The number of hydrogen-bond acceptors (Lipinski definition) is 5. The van der Waals surface area contributed by atoms with Gasteiger partial charge < -0.3 is 19.7 Å². The van der Waals surface area contributed by atoms with Gasteiger partial charge in [0.15, 0.2) is 0 Å². The Morgan fingerprint density at radius 3 is 2.71 bits per heavy atom. The Bertz CT molecular complexity index is 489. The minimum Gasteiger partial charge on any atom is -0.494 e. The molecule has 118 valence electrons. The fourth-order valence-electron chi connectivity index (χ4n) is 3.07. The third kappa shape index (κ3) is 3.15. The summed E-state index contributed by atoms with van der Waals surface area (Å²) >= 11 is 0. The lowest BCUT2D eigenvalue weighted by atomic mass is 9.85. The molecular weight excluding hydrogens is 270 g/mol. The van der Waals surface area contributed by atoms with E-state index in [1.165, 1.54) is 0 Å². The Morgan fingerprint density at radius 1 is 1.38 bits per heavy atom. The Hall–Kier alpha value is -1.30. The summed E-state index contributed by atoms with van der Waals surface area (Å²) < 4.78 is 11.6. The van der Waals surface area contributed by atoms with Crippen LogP contribution in [0.5, 0.6) is 11.5 Å². The van der Waals surface area contributed by atoms with E-state index in [0.29, 0.717) is 18.9 Å². The van der Waals surface area contributed by atoms with Crippen LogP contribution in [-0.4, -0.2) is 53.6 Å². The summed E-state index contributed by atoms with van der Waals surface area (Å²) in [5, 5.41) is 19.9. The summed E-state index contributed by atoms with van der Waals surface area (Å²) in [6.45, 7) is 6.93. The van der Waals surface area contributed by atoms with Crippen LogP contribution < -0.4 is 9.47 Å². The highest BCUT2D eigenvalue weighted by Crippen LogP contribution is 2.43. The van der Waals surface area contributed by atoms with Crippen molar-refractivity contribution >= 4 is 0 Å². The van der Waals surface area contributed by atoms with Crippen molar-refractivity contribution in [3.63, 3.8) is 0 Å². The topological polar surface area (TPSA) is 62.2 Å². The monoisotopic (exact) mass is 295 g/mol. The van der Waals surface area contributed by atoms with Gasteiger partial charge in [0, 0.05) is 12.1 Å². The molecule has 1 aliphatic rings. The smallest absolute Gasteiger partial charge is 0.126 e. The summed E-state index contributed by atoms with van der Waals surface area (Å²) in [5.41, 5.74) is 0.179. The summed E-state index contributed by atoms with van der Waals surface area (Å²) in [4.78, 5) is 1.93. The normalized spacial score (nSPS) is 23.6. The van der Waals surface area contributed by atoms with Crippen molar-refractivity contribution in [1.29, 1.82) is 0 Å². The first-order valence-corrected chi connectivity index (χ1v) is 7.35. The van der Waals surface area contributed by atoms with Gasteiger partial charge in [-0.3, -0.25) is 4.90 Å². The van der Waals surface area contributed by atoms with Gasteiger partial charge >= 0.3 is 0 Å². The third-order valence-electron chi connectivity index (χ3n) is 3.92. The molecular formula is C16H25NO4. The van der Waals surface area contributed by atoms with E-state index < -0.39 is 11.7 Å². The van der Waals surface area contributed by atoms with Crippen molar-refractivity contribution in [2.75, 3.05) is 26.8 Å². The van der Waals surface area contributed by atoms with Crippen LogP contribution in [0.3, 0.4) is 0 Å². The van der Waals surface area contributed by atoms with Crippen molar-refractivity contribution in [3.8, 4) is 11.5 Å². The molecule has 2 rings (SSSR count). The van der Waals surface area contributed by atoms with Gasteiger partial charge in [0.25, 0.3) is 0 Å². The maximum atomic E-state index is 10.8. The maximum absolute atomic E-state index is 10.8. The molecule has 1 aromatic carbocycles. The molecule has 2 unspecified atom stereocenters. The van der Waals surface area contributed by atoms with E-state index in [2.05, 4.69) is 0 Å². The first-order chi connectivity index (χ1) is 9.90. The van der Waals surface area contributed by atoms with E-state index in [1.807, 2.05) is 50.9 Å². The zero-order valence-corrected chi connectivity index (χ0v) is 13.2. The average Bonchev–Trinajstić information content (AvgIpc) is 2.39. The lowest BCUT2D eigenvalue weighted by Gasteiger charge is -2.47. The van der Waals surface area contributed by atoms with Crippen LogP contribution in [0.2, 0.25) is 0 Å². The standard InChI is InChI=1S/C16H25NO4/c1-5-20-11-6-7-13-12(10-11)14(19)15(16(2,3)21-13)17(4)8-9-18/h6-7,10,14-15,18-19H,5,8-9H2,1-4H3. The molecule has 21 heavy (non-hydrogen) atoms. The largest absolute Gasteiger partial charge is 0.494 e. The molecule has 0 aromatic heterocycles. The van der Waals surface area contributed by atoms with Gasteiger partial charge in [0.1, 0.15) is 23.2 Å². The molecule has 1 aliphatic heterocycles. The molecule has 0 spiro atoms. The number of likely N-dealkylation sites (N-methyl/N-ethyl adjacent to an activating group) is 1. The van der Waals surface area contributed by atoms with Gasteiger partial charge in [-0.15, -0.1) is 0 Å². The maximum Gasteiger partial charge on any atom is 0.126 e. The first-order valence-electron chi connectivity index (χ1n) is 7.35. The molecule has 0 saturated carbocycles. The van der Waals surface area contributed by atoms with Gasteiger partial charge in [-0.05, 0) is 46.0 Å².